The summed E-state index contributed by atoms with van der Waals surface area (Å²) in [6.45, 7) is 2.52. The molecule has 4 rings (SSSR count). The summed E-state index contributed by atoms with van der Waals surface area (Å²) in [6.07, 6.45) is 4.01. The molecule has 34 heavy (non-hydrogen) atoms. The number of alkyl halides is 3. The maximum absolute atomic E-state index is 12.8. The molecule has 0 radical (unpaired) electrons. The van der Waals surface area contributed by atoms with E-state index < -0.39 is 22.8 Å². The Bertz CT molecular complexity index is 1130. The van der Waals surface area contributed by atoms with Crippen LogP contribution in [0.4, 0.5) is 13.2 Å². The summed E-state index contributed by atoms with van der Waals surface area (Å²) in [5, 5.41) is 0. The third kappa shape index (κ3) is 5.67. The van der Waals surface area contributed by atoms with Crippen LogP contribution in [0.15, 0.2) is 53.1 Å². The van der Waals surface area contributed by atoms with Crippen LogP contribution in [0.5, 0.6) is 11.5 Å². The summed E-state index contributed by atoms with van der Waals surface area (Å²) in [5.41, 5.74) is 2.95. The van der Waals surface area contributed by atoms with Crippen molar-refractivity contribution in [1.29, 1.82) is 0 Å². The molecule has 0 saturated heterocycles. The molecule has 0 bridgehead atoms. The summed E-state index contributed by atoms with van der Waals surface area (Å²) >= 11 is 0.156. The van der Waals surface area contributed by atoms with Crippen LogP contribution in [-0.2, 0) is 27.9 Å². The van der Waals surface area contributed by atoms with Crippen LogP contribution < -0.4 is 9.47 Å². The highest BCUT2D eigenvalue weighted by Crippen LogP contribution is 2.44. The summed E-state index contributed by atoms with van der Waals surface area (Å²) in [6, 6.07) is 4.54. The number of ether oxygens (including phenoxy) is 2. The van der Waals surface area contributed by atoms with Gasteiger partial charge in [0.2, 0.25) is 0 Å². The fourth-order valence-corrected chi connectivity index (χ4v) is 5.29. The number of fused-ring (bicyclic) bond motifs is 1. The molecule has 2 aliphatic rings. The first-order valence-corrected chi connectivity index (χ1v) is 12.9. The van der Waals surface area contributed by atoms with Gasteiger partial charge >= 0.3 is 6.18 Å². The molecule has 0 amide bonds. The summed E-state index contributed by atoms with van der Waals surface area (Å²) in [5.74, 6) is 2.15. The number of allylic oxidation sites excluding steroid dienone is 3. The molecule has 5 nitrogen and oxygen atoms in total. The van der Waals surface area contributed by atoms with Crippen LogP contribution in [0.25, 0.3) is 0 Å². The first-order valence-electron chi connectivity index (χ1n) is 10.6. The zero-order valence-corrected chi connectivity index (χ0v) is 20.3. The number of rotatable bonds is 8. The summed E-state index contributed by atoms with van der Waals surface area (Å²) in [7, 11) is 1.37. The fraction of sp³-hybridized carbons (Fsp3) is 0.375. The number of aryl methyl sites for hydroxylation is 1. The van der Waals surface area contributed by atoms with E-state index in [1.807, 2.05) is 25.1 Å². The first kappa shape index (κ1) is 24.8. The second kappa shape index (κ2) is 10.5. The maximum atomic E-state index is 12.8. The van der Waals surface area contributed by atoms with Crippen molar-refractivity contribution in [3.8, 4) is 11.5 Å². The number of nitrogens with zero attached hydrogens (tertiary/aromatic N) is 1. The minimum atomic E-state index is -4.38. The van der Waals surface area contributed by atoms with Crippen molar-refractivity contribution in [2.75, 3.05) is 25.4 Å². The van der Waals surface area contributed by atoms with E-state index in [2.05, 4.69) is 11.1 Å². The van der Waals surface area contributed by atoms with E-state index in [-0.39, 0.29) is 11.9 Å². The predicted molar refractivity (Wildman–Crippen MR) is 126 cm³/mol. The lowest BCUT2D eigenvalue weighted by Gasteiger charge is -2.18. The number of pyridine rings is 1. The molecule has 1 aliphatic carbocycles. The van der Waals surface area contributed by atoms with E-state index in [0.29, 0.717) is 24.5 Å². The Hall–Kier alpha value is -2.30. The minimum Gasteiger partial charge on any atom is -0.492 e. The Morgan fingerprint density at radius 3 is 2.79 bits per heavy atom. The third-order valence-electron chi connectivity index (χ3n) is 5.63. The number of hydrogen-bond acceptors (Lipinski definition) is 6. The normalized spacial score (nSPS) is 18.3. The standard InChI is InChI=1S/C24H24F3NO4S2/c1-15-11-21(23-19(9-10-31-23)22(15)32-14-34(29)30-2)33-13-16-3-5-17(6-4-16)20-8-7-18(12-28-20)24(25,26)27/h3-5,7-8,11-12,17H,6,9-10,13-14H2,1-2H3. The molecule has 1 aliphatic heterocycles. The molecule has 10 heteroatoms. The van der Waals surface area contributed by atoms with E-state index in [9.17, 15) is 17.4 Å². The van der Waals surface area contributed by atoms with Gasteiger partial charge in [0.05, 0.1) is 24.2 Å². The maximum Gasteiger partial charge on any atom is 0.417 e. The van der Waals surface area contributed by atoms with Gasteiger partial charge in [-0.25, -0.2) is 4.21 Å². The average Bonchev–Trinajstić information content (AvgIpc) is 3.32. The van der Waals surface area contributed by atoms with Crippen molar-refractivity contribution in [2.24, 2.45) is 0 Å². The number of aromatic nitrogens is 1. The molecule has 0 N–H and O–H groups in total. The highest BCUT2D eigenvalue weighted by atomic mass is 32.2. The van der Waals surface area contributed by atoms with Gasteiger partial charge in [0.1, 0.15) is 11.5 Å². The van der Waals surface area contributed by atoms with E-state index >= 15 is 0 Å². The number of halogens is 3. The Morgan fingerprint density at radius 1 is 1.32 bits per heavy atom. The van der Waals surface area contributed by atoms with E-state index in [1.165, 1.54) is 13.2 Å². The third-order valence-corrected chi connectivity index (χ3v) is 7.40. The van der Waals surface area contributed by atoms with Crippen molar-refractivity contribution in [2.45, 2.75) is 36.8 Å². The molecule has 0 saturated carbocycles. The Balaban J connectivity index is 1.39. The molecule has 2 unspecified atom stereocenters. The van der Waals surface area contributed by atoms with Gasteiger partial charge in [0.15, 0.2) is 17.0 Å². The van der Waals surface area contributed by atoms with Crippen molar-refractivity contribution >= 4 is 22.8 Å². The zero-order chi connectivity index (χ0) is 24.3. The van der Waals surface area contributed by atoms with Crippen LogP contribution >= 0.6 is 11.8 Å². The van der Waals surface area contributed by atoms with Gasteiger partial charge in [-0.05, 0) is 42.7 Å². The minimum absolute atomic E-state index is 0.0388. The van der Waals surface area contributed by atoms with Crippen LogP contribution in [0.1, 0.15) is 34.7 Å². The second-order valence-electron chi connectivity index (χ2n) is 7.90. The molecular formula is C24H24F3NO4S2. The molecule has 2 heterocycles. The fourth-order valence-electron chi connectivity index (χ4n) is 3.87. The van der Waals surface area contributed by atoms with Crippen LogP contribution in [0.3, 0.4) is 0 Å². The molecule has 0 spiro atoms. The van der Waals surface area contributed by atoms with Crippen LogP contribution in [-0.4, -0.2) is 34.6 Å². The summed E-state index contributed by atoms with van der Waals surface area (Å²) < 4.78 is 66.2. The van der Waals surface area contributed by atoms with E-state index in [0.717, 1.165) is 51.8 Å². The highest BCUT2D eigenvalue weighted by Gasteiger charge is 2.31. The molecule has 1 aromatic heterocycles. The largest absolute Gasteiger partial charge is 0.492 e. The lowest BCUT2D eigenvalue weighted by molar-refractivity contribution is -0.137. The van der Waals surface area contributed by atoms with Crippen LogP contribution in [0.2, 0.25) is 0 Å². The van der Waals surface area contributed by atoms with Crippen LogP contribution in [0, 0.1) is 6.92 Å². The van der Waals surface area contributed by atoms with Crippen molar-refractivity contribution < 1.29 is 31.0 Å². The highest BCUT2D eigenvalue weighted by molar-refractivity contribution is 7.99. The van der Waals surface area contributed by atoms with E-state index in [4.69, 9.17) is 13.7 Å². The SMILES string of the molecule is COS(=O)COc1c(C)cc(SCC2=CCC(c3ccc(C(F)(F)F)cn3)C=C2)c2c1CCO2. The second-order valence-corrected chi connectivity index (χ2v) is 10.1. The molecule has 2 aromatic rings. The number of thioether (sulfide) groups is 1. The van der Waals surface area contributed by atoms with Crippen molar-refractivity contribution in [1.82, 2.24) is 4.98 Å². The van der Waals surface area contributed by atoms with Gasteiger partial charge in [0.25, 0.3) is 0 Å². The lowest BCUT2D eigenvalue weighted by Crippen LogP contribution is -2.08. The topological polar surface area (TPSA) is 57.7 Å². The summed E-state index contributed by atoms with van der Waals surface area (Å²) in [4.78, 5) is 5.03. The van der Waals surface area contributed by atoms with Gasteiger partial charge in [-0.3, -0.25) is 9.17 Å². The number of hydrogen-bond donors (Lipinski definition) is 0. The molecule has 0 fully saturated rings. The molecule has 1 aromatic carbocycles. The predicted octanol–water partition coefficient (Wildman–Crippen LogP) is 5.75. The van der Waals surface area contributed by atoms with E-state index in [1.54, 1.807) is 11.8 Å². The smallest absolute Gasteiger partial charge is 0.417 e. The quantitative estimate of drug-likeness (QED) is 0.421. The Morgan fingerprint density at radius 2 is 2.15 bits per heavy atom. The lowest BCUT2D eigenvalue weighted by atomic mass is 9.94. The van der Waals surface area contributed by atoms with Crippen molar-refractivity contribution in [3.05, 3.63) is 70.6 Å². The average molecular weight is 512 g/mol. The van der Waals surface area contributed by atoms with Gasteiger partial charge in [-0.2, -0.15) is 13.2 Å². The van der Waals surface area contributed by atoms with Gasteiger partial charge in [0, 0.05) is 35.5 Å². The Labute approximate surface area is 203 Å². The van der Waals surface area contributed by atoms with Gasteiger partial charge in [-0.1, -0.05) is 18.2 Å². The molecular weight excluding hydrogens is 487 g/mol. The molecule has 2 atom stereocenters. The first-order chi connectivity index (χ1) is 16.3. The monoisotopic (exact) mass is 511 g/mol. The van der Waals surface area contributed by atoms with Crippen molar-refractivity contribution in [3.63, 3.8) is 0 Å². The number of benzene rings is 1. The van der Waals surface area contributed by atoms with Gasteiger partial charge in [-0.15, -0.1) is 11.8 Å². The zero-order valence-electron chi connectivity index (χ0n) is 18.7. The Kier molecular flexibility index (Phi) is 7.69. The molecule has 182 valence electrons. The van der Waals surface area contributed by atoms with Gasteiger partial charge < -0.3 is 9.47 Å².